The predicted octanol–water partition coefficient (Wildman–Crippen LogP) is 7.06. The summed E-state index contributed by atoms with van der Waals surface area (Å²) < 4.78 is 19.2. The van der Waals surface area contributed by atoms with Crippen molar-refractivity contribution in [1.29, 1.82) is 0 Å². The second-order valence-corrected chi connectivity index (χ2v) is 14.8. The molecule has 0 aromatic carbocycles. The van der Waals surface area contributed by atoms with E-state index in [4.69, 9.17) is 13.0 Å². The smallest absolute Gasteiger partial charge is 0.352 e. The van der Waals surface area contributed by atoms with E-state index in [1.807, 2.05) is 11.4 Å². The Kier molecular flexibility index (Phi) is 13.8. The van der Waals surface area contributed by atoms with Gasteiger partial charge in [-0.2, -0.15) is 0 Å². The van der Waals surface area contributed by atoms with Gasteiger partial charge >= 0.3 is 17.1 Å². The fraction of sp³-hybridized carbons (Fsp3) is 0.818. The van der Waals surface area contributed by atoms with Crippen LogP contribution in [0, 0.1) is 11.8 Å². The van der Waals surface area contributed by atoms with Crippen LogP contribution in [0.15, 0.2) is 24.6 Å². The Labute approximate surface area is 172 Å². The molecule has 0 rings (SSSR count). The zero-order valence-corrected chi connectivity index (χ0v) is 21.2. The molecule has 2 unspecified atom stereocenters. The third-order valence-corrected chi connectivity index (χ3v) is 11.2. The maximum atomic E-state index is 6.51. The molecule has 0 amide bonds. The maximum absolute atomic E-state index is 6.51. The molecular weight excluding hydrogens is 368 g/mol. The molecule has 0 bridgehead atoms. The van der Waals surface area contributed by atoms with E-state index < -0.39 is 17.1 Å². The monoisotopic (exact) mass is 414 g/mol. The van der Waals surface area contributed by atoms with Crippen LogP contribution in [0.1, 0.15) is 79.6 Å². The molecule has 5 heteroatoms. The van der Waals surface area contributed by atoms with E-state index in [0.29, 0.717) is 11.8 Å². The Morgan fingerprint density at radius 2 is 1.26 bits per heavy atom. The van der Waals surface area contributed by atoms with Crippen molar-refractivity contribution in [2.24, 2.45) is 11.8 Å². The number of hydrogen-bond donors (Lipinski definition) is 0. The third kappa shape index (κ3) is 11.4. The van der Waals surface area contributed by atoms with Crippen molar-refractivity contribution in [2.75, 3.05) is 6.61 Å². The Morgan fingerprint density at radius 3 is 1.70 bits per heavy atom. The van der Waals surface area contributed by atoms with Gasteiger partial charge in [0.25, 0.3) is 0 Å². The molecule has 160 valence electrons. The molecule has 0 saturated heterocycles. The summed E-state index contributed by atoms with van der Waals surface area (Å²) in [6.45, 7) is 23.9. The lowest BCUT2D eigenvalue weighted by molar-refractivity contribution is 0.0718. The van der Waals surface area contributed by atoms with Crippen molar-refractivity contribution in [2.45, 2.75) is 98.8 Å². The van der Waals surface area contributed by atoms with Gasteiger partial charge in [0.05, 0.1) is 6.10 Å². The van der Waals surface area contributed by atoms with Crippen LogP contribution >= 0.6 is 0 Å². The summed E-state index contributed by atoms with van der Waals surface area (Å²) in [5.41, 5.74) is 3.77. The lowest BCUT2D eigenvalue weighted by atomic mass is 9.97. The SMILES string of the molecule is C=C[Si](C)(OCCCCCCCCC)O[Si](C)(C=C)OC(C(C)C)C(C)C. The highest BCUT2D eigenvalue weighted by Gasteiger charge is 2.42. The van der Waals surface area contributed by atoms with E-state index in [1.165, 1.54) is 38.5 Å². The third-order valence-electron chi connectivity index (χ3n) is 4.97. The molecule has 0 aromatic rings. The standard InChI is InChI=1S/C22H46O3Si2/c1-10-13-14-15-16-17-18-19-23-26(8,11-2)25-27(9,12-3)24-22(20(4)5)21(6)7/h11-12,20-22H,2-3,10,13-19H2,1,4-9H3. The van der Waals surface area contributed by atoms with Crippen LogP contribution < -0.4 is 0 Å². The van der Waals surface area contributed by atoms with Crippen LogP contribution in [-0.2, 0) is 13.0 Å². The first kappa shape index (κ1) is 26.8. The zero-order chi connectivity index (χ0) is 20.9. The average Bonchev–Trinajstić information content (AvgIpc) is 2.61. The highest BCUT2D eigenvalue weighted by Crippen LogP contribution is 2.26. The van der Waals surface area contributed by atoms with Gasteiger partial charge in [0.2, 0.25) is 0 Å². The lowest BCUT2D eigenvalue weighted by Crippen LogP contribution is -2.53. The Morgan fingerprint density at radius 1 is 0.778 bits per heavy atom. The molecule has 0 aliphatic rings. The van der Waals surface area contributed by atoms with Gasteiger partial charge in [0, 0.05) is 6.61 Å². The maximum Gasteiger partial charge on any atom is 0.352 e. The van der Waals surface area contributed by atoms with Gasteiger partial charge in [0.1, 0.15) is 0 Å². The summed E-state index contributed by atoms with van der Waals surface area (Å²) >= 11 is 0. The first-order chi connectivity index (χ1) is 12.6. The van der Waals surface area contributed by atoms with E-state index in [9.17, 15) is 0 Å². The van der Waals surface area contributed by atoms with Crippen LogP contribution in [-0.4, -0.2) is 29.8 Å². The summed E-state index contributed by atoms with van der Waals surface area (Å²) in [4.78, 5) is 0. The van der Waals surface area contributed by atoms with Gasteiger partial charge in [0.15, 0.2) is 0 Å². The van der Waals surface area contributed by atoms with Crippen molar-refractivity contribution < 1.29 is 13.0 Å². The molecule has 0 N–H and O–H groups in total. The summed E-state index contributed by atoms with van der Waals surface area (Å²) in [5.74, 6) is 0.872. The van der Waals surface area contributed by atoms with Crippen LogP contribution in [0.2, 0.25) is 13.1 Å². The zero-order valence-electron chi connectivity index (χ0n) is 19.2. The van der Waals surface area contributed by atoms with E-state index in [0.717, 1.165) is 13.0 Å². The van der Waals surface area contributed by atoms with Gasteiger partial charge in [-0.05, 0) is 31.4 Å². The second-order valence-electron chi connectivity index (χ2n) is 8.58. The normalized spacial score (nSPS) is 16.5. The molecule has 2 atom stereocenters. The van der Waals surface area contributed by atoms with E-state index in [1.54, 1.807) is 0 Å². The van der Waals surface area contributed by atoms with E-state index >= 15 is 0 Å². The topological polar surface area (TPSA) is 27.7 Å². The van der Waals surface area contributed by atoms with Crippen molar-refractivity contribution in [3.8, 4) is 0 Å². The van der Waals surface area contributed by atoms with Gasteiger partial charge < -0.3 is 13.0 Å². The van der Waals surface area contributed by atoms with Crippen LogP contribution in [0.25, 0.3) is 0 Å². The average molecular weight is 415 g/mol. The second kappa shape index (κ2) is 13.9. The number of unbranched alkanes of at least 4 members (excludes halogenated alkanes) is 6. The van der Waals surface area contributed by atoms with Crippen molar-refractivity contribution in [3.63, 3.8) is 0 Å². The first-order valence-corrected chi connectivity index (χ1v) is 15.7. The highest BCUT2D eigenvalue weighted by atomic mass is 28.5. The Hall–Kier alpha value is -0.206. The molecule has 0 heterocycles. The molecule has 0 aromatic heterocycles. The molecule has 0 aliphatic carbocycles. The van der Waals surface area contributed by atoms with Gasteiger partial charge in [-0.25, -0.2) is 0 Å². The minimum absolute atomic E-state index is 0.158. The fourth-order valence-corrected chi connectivity index (χ4v) is 9.45. The van der Waals surface area contributed by atoms with Crippen LogP contribution in [0.3, 0.4) is 0 Å². The van der Waals surface area contributed by atoms with Crippen LogP contribution in [0.5, 0.6) is 0 Å². The highest BCUT2D eigenvalue weighted by molar-refractivity contribution is 6.84. The van der Waals surface area contributed by atoms with Crippen molar-refractivity contribution >= 4 is 17.1 Å². The molecule has 27 heavy (non-hydrogen) atoms. The van der Waals surface area contributed by atoms with E-state index in [-0.39, 0.29) is 6.10 Å². The molecular formula is C22H46O3Si2. The quantitative estimate of drug-likeness (QED) is 0.188. The Balaban J connectivity index is 4.60. The number of hydrogen-bond acceptors (Lipinski definition) is 3. The van der Waals surface area contributed by atoms with Crippen LogP contribution in [0.4, 0.5) is 0 Å². The van der Waals surface area contributed by atoms with Gasteiger partial charge in [-0.1, -0.05) is 84.5 Å². The minimum Gasteiger partial charge on any atom is -0.409 e. The minimum atomic E-state index is -2.53. The molecule has 0 spiro atoms. The summed E-state index contributed by atoms with van der Waals surface area (Å²) in [7, 11) is -5.00. The van der Waals surface area contributed by atoms with E-state index in [2.05, 4.69) is 60.9 Å². The fourth-order valence-electron chi connectivity index (χ4n) is 3.29. The lowest BCUT2D eigenvalue weighted by Gasteiger charge is -2.38. The predicted molar refractivity (Wildman–Crippen MR) is 123 cm³/mol. The molecule has 0 saturated carbocycles. The molecule has 0 fully saturated rings. The Bertz CT molecular complexity index is 406. The van der Waals surface area contributed by atoms with Crippen molar-refractivity contribution in [1.82, 2.24) is 0 Å². The molecule has 3 nitrogen and oxygen atoms in total. The summed E-state index contributed by atoms with van der Waals surface area (Å²) in [6.07, 6.45) is 9.10. The summed E-state index contributed by atoms with van der Waals surface area (Å²) in [6, 6.07) is 0. The number of rotatable bonds is 17. The molecule has 0 radical (unpaired) electrons. The largest absolute Gasteiger partial charge is 0.409 e. The van der Waals surface area contributed by atoms with Gasteiger partial charge in [-0.15, -0.1) is 13.2 Å². The summed E-state index contributed by atoms with van der Waals surface area (Å²) in [5, 5.41) is 0. The first-order valence-electron chi connectivity index (χ1n) is 10.9. The molecule has 0 aliphatic heterocycles. The van der Waals surface area contributed by atoms with Crippen molar-refractivity contribution in [3.05, 3.63) is 24.6 Å². The van der Waals surface area contributed by atoms with Gasteiger partial charge in [-0.3, -0.25) is 0 Å².